The van der Waals surface area contributed by atoms with Gasteiger partial charge >= 0.3 is 0 Å². The molecule has 0 radical (unpaired) electrons. The van der Waals surface area contributed by atoms with Crippen LogP contribution >= 0.6 is 11.8 Å². The zero-order valence-corrected chi connectivity index (χ0v) is 17.5. The van der Waals surface area contributed by atoms with Crippen LogP contribution in [0.3, 0.4) is 0 Å². The van der Waals surface area contributed by atoms with Crippen LogP contribution in [0.4, 0.5) is 0 Å². The first-order valence-electron chi connectivity index (χ1n) is 9.67. The van der Waals surface area contributed by atoms with Crippen molar-refractivity contribution in [3.8, 4) is 17.2 Å². The second-order valence-corrected chi connectivity index (χ2v) is 8.00. The fourth-order valence-corrected chi connectivity index (χ4v) is 4.34. The largest absolute Gasteiger partial charge is 0.496 e. The van der Waals surface area contributed by atoms with Crippen LogP contribution in [0.1, 0.15) is 35.9 Å². The average molecular weight is 395 g/mol. The minimum absolute atomic E-state index is 0.358. The van der Waals surface area contributed by atoms with Crippen molar-refractivity contribution < 1.29 is 9.15 Å². The second kappa shape index (κ2) is 8.41. The van der Waals surface area contributed by atoms with Gasteiger partial charge in [-0.1, -0.05) is 18.2 Å². The molecule has 1 fully saturated rings. The first kappa shape index (κ1) is 19.1. The minimum Gasteiger partial charge on any atom is -0.496 e. The van der Waals surface area contributed by atoms with Gasteiger partial charge in [-0.05, 0) is 62.9 Å². The van der Waals surface area contributed by atoms with Crippen LogP contribution in [0, 0.1) is 6.92 Å². The van der Waals surface area contributed by atoms with E-state index in [0.717, 1.165) is 42.3 Å². The van der Waals surface area contributed by atoms with E-state index in [1.54, 1.807) is 18.9 Å². The predicted octanol–water partition coefficient (Wildman–Crippen LogP) is 5.72. The van der Waals surface area contributed by atoms with E-state index in [1.807, 2.05) is 19.1 Å². The number of para-hydroxylation sites is 1. The summed E-state index contributed by atoms with van der Waals surface area (Å²) in [6, 6.07) is 17.1. The molecule has 0 bridgehead atoms. The highest BCUT2D eigenvalue weighted by Crippen LogP contribution is 2.38. The lowest BCUT2D eigenvalue weighted by atomic mass is 10.0. The number of benzene rings is 2. The van der Waals surface area contributed by atoms with E-state index in [2.05, 4.69) is 47.6 Å². The van der Waals surface area contributed by atoms with Crippen LogP contribution in [0.5, 0.6) is 5.75 Å². The van der Waals surface area contributed by atoms with Crippen LogP contribution in [0.2, 0.25) is 0 Å². The van der Waals surface area contributed by atoms with Gasteiger partial charge in [0.05, 0.1) is 12.8 Å². The maximum Gasteiger partial charge on any atom is 0.226 e. The Kier molecular flexibility index (Phi) is 5.74. The molecule has 0 spiro atoms. The lowest BCUT2D eigenvalue weighted by Crippen LogP contribution is -2.23. The number of thioether (sulfide) groups is 1. The first-order chi connectivity index (χ1) is 13.7. The zero-order chi connectivity index (χ0) is 19.5. The van der Waals surface area contributed by atoms with E-state index in [-0.39, 0.29) is 0 Å². The molecule has 1 aliphatic rings. The van der Waals surface area contributed by atoms with Crippen LogP contribution < -0.4 is 4.74 Å². The summed E-state index contributed by atoms with van der Waals surface area (Å²) in [5.74, 6) is 2.56. The van der Waals surface area contributed by atoms with E-state index < -0.39 is 0 Å². The van der Waals surface area contributed by atoms with E-state index in [1.165, 1.54) is 16.9 Å². The predicted molar refractivity (Wildman–Crippen MR) is 114 cm³/mol. The highest BCUT2D eigenvalue weighted by molar-refractivity contribution is 7.98. The topological polar surface area (TPSA) is 38.5 Å². The Morgan fingerprint density at radius 3 is 2.71 bits per heavy atom. The second-order valence-electron chi connectivity index (χ2n) is 7.12. The van der Waals surface area contributed by atoms with E-state index in [0.29, 0.717) is 11.9 Å². The summed E-state index contributed by atoms with van der Waals surface area (Å²) in [5.41, 5.74) is 3.30. The van der Waals surface area contributed by atoms with Gasteiger partial charge in [0.1, 0.15) is 11.5 Å². The lowest BCUT2D eigenvalue weighted by molar-refractivity contribution is 0.239. The van der Waals surface area contributed by atoms with E-state index in [9.17, 15) is 0 Å². The molecule has 1 saturated heterocycles. The summed E-state index contributed by atoms with van der Waals surface area (Å²) in [7, 11) is 1.74. The Bertz CT molecular complexity index is 936. The molecule has 28 heavy (non-hydrogen) atoms. The smallest absolute Gasteiger partial charge is 0.226 e. The van der Waals surface area contributed by atoms with Crippen molar-refractivity contribution in [3.05, 3.63) is 65.5 Å². The van der Waals surface area contributed by atoms with Crippen molar-refractivity contribution in [3.63, 3.8) is 0 Å². The molecule has 2 aromatic carbocycles. The molecule has 4 nitrogen and oxygen atoms in total. The Hall–Kier alpha value is -2.24. The summed E-state index contributed by atoms with van der Waals surface area (Å²) >= 11 is 1.74. The Morgan fingerprint density at radius 1 is 1.18 bits per heavy atom. The van der Waals surface area contributed by atoms with E-state index >= 15 is 0 Å². The van der Waals surface area contributed by atoms with Gasteiger partial charge in [0, 0.05) is 28.6 Å². The highest BCUT2D eigenvalue weighted by Gasteiger charge is 2.29. The Balaban J connectivity index is 1.56. The molecule has 2 heterocycles. The van der Waals surface area contributed by atoms with Crippen molar-refractivity contribution >= 4 is 11.8 Å². The number of aryl methyl sites for hydroxylation is 1. The Morgan fingerprint density at radius 2 is 1.96 bits per heavy atom. The summed E-state index contributed by atoms with van der Waals surface area (Å²) in [4.78, 5) is 8.55. The summed E-state index contributed by atoms with van der Waals surface area (Å²) in [6.07, 6.45) is 4.40. The molecular formula is C23H26N2O2S. The molecule has 1 aliphatic heterocycles. The number of hydrogen-bond acceptors (Lipinski definition) is 5. The molecule has 1 aromatic heterocycles. The zero-order valence-electron chi connectivity index (χ0n) is 16.6. The molecule has 0 saturated carbocycles. The van der Waals surface area contributed by atoms with Crippen molar-refractivity contribution in [2.45, 2.75) is 37.2 Å². The summed E-state index contributed by atoms with van der Waals surface area (Å²) in [6.45, 7) is 3.87. The number of aromatic nitrogens is 1. The molecule has 5 heteroatoms. The van der Waals surface area contributed by atoms with E-state index in [4.69, 9.17) is 14.1 Å². The normalized spacial score (nSPS) is 17.2. The molecule has 146 valence electrons. The molecule has 4 rings (SSSR count). The van der Waals surface area contributed by atoms with Crippen molar-refractivity contribution in [2.24, 2.45) is 0 Å². The number of ether oxygens (including phenoxy) is 1. The number of hydrogen-bond donors (Lipinski definition) is 0. The van der Waals surface area contributed by atoms with Crippen LogP contribution in [0.15, 0.2) is 57.8 Å². The molecule has 3 aromatic rings. The molecule has 0 amide bonds. The van der Waals surface area contributed by atoms with Gasteiger partial charge < -0.3 is 9.15 Å². The third-order valence-electron chi connectivity index (χ3n) is 5.44. The van der Waals surface area contributed by atoms with Crippen molar-refractivity contribution in [2.75, 3.05) is 19.9 Å². The number of rotatable bonds is 6. The van der Waals surface area contributed by atoms with Crippen molar-refractivity contribution in [1.82, 2.24) is 9.88 Å². The van der Waals surface area contributed by atoms with Crippen LogP contribution in [-0.4, -0.2) is 29.8 Å². The van der Waals surface area contributed by atoms with Gasteiger partial charge in [-0.15, -0.1) is 11.8 Å². The molecule has 1 unspecified atom stereocenters. The molecule has 0 aliphatic carbocycles. The third kappa shape index (κ3) is 3.82. The van der Waals surface area contributed by atoms with Crippen LogP contribution in [0.25, 0.3) is 11.5 Å². The summed E-state index contributed by atoms with van der Waals surface area (Å²) in [5, 5.41) is 0. The highest BCUT2D eigenvalue weighted by atomic mass is 32.2. The van der Waals surface area contributed by atoms with Gasteiger partial charge in [0.2, 0.25) is 5.89 Å². The third-order valence-corrected chi connectivity index (χ3v) is 6.19. The minimum atomic E-state index is 0.358. The molecule has 1 atom stereocenters. The number of oxazole rings is 1. The fourth-order valence-electron chi connectivity index (χ4n) is 3.93. The Labute approximate surface area is 170 Å². The van der Waals surface area contributed by atoms with Crippen molar-refractivity contribution in [1.29, 1.82) is 0 Å². The monoisotopic (exact) mass is 394 g/mol. The number of likely N-dealkylation sites (tertiary alicyclic amines) is 1. The lowest BCUT2D eigenvalue weighted by Gasteiger charge is -2.25. The average Bonchev–Trinajstić information content (AvgIpc) is 3.35. The quantitative estimate of drug-likeness (QED) is 0.500. The van der Waals surface area contributed by atoms with Crippen LogP contribution in [-0.2, 0) is 6.54 Å². The standard InChI is InChI=1S/C23H26N2O2S/c1-16-20(24-23(27-16)17-10-12-18(28-3)13-11-17)15-25-14-6-8-21(25)19-7-4-5-9-22(19)26-2/h4-5,7,9-13,21H,6,8,14-15H2,1-3H3. The number of nitrogens with zero attached hydrogens (tertiary/aromatic N) is 2. The van der Waals surface area contributed by atoms with Gasteiger partial charge in [-0.3, -0.25) is 4.90 Å². The first-order valence-corrected chi connectivity index (χ1v) is 10.9. The van der Waals surface area contributed by atoms with Gasteiger partial charge in [-0.2, -0.15) is 0 Å². The maximum absolute atomic E-state index is 6.00. The fraction of sp³-hybridized carbons (Fsp3) is 0.348. The van der Waals surface area contributed by atoms with Gasteiger partial charge in [0.25, 0.3) is 0 Å². The SMILES string of the molecule is COc1ccccc1C1CCCN1Cc1nc(-c2ccc(SC)cc2)oc1C. The molecule has 0 N–H and O–H groups in total. The summed E-state index contributed by atoms with van der Waals surface area (Å²) < 4.78 is 11.6. The number of methoxy groups -OCH3 is 1. The van der Waals surface area contributed by atoms with Gasteiger partial charge in [-0.25, -0.2) is 4.98 Å². The molecular weight excluding hydrogens is 368 g/mol. The van der Waals surface area contributed by atoms with Gasteiger partial charge in [0.15, 0.2) is 0 Å². The maximum atomic E-state index is 6.00.